The summed E-state index contributed by atoms with van der Waals surface area (Å²) in [5.41, 5.74) is 1.61. The van der Waals surface area contributed by atoms with Crippen LogP contribution in [0.15, 0.2) is 66.0 Å². The number of epoxide rings is 1. The van der Waals surface area contributed by atoms with Crippen molar-refractivity contribution in [1.82, 2.24) is 25.8 Å². The van der Waals surface area contributed by atoms with E-state index in [4.69, 9.17) is 4.74 Å². The van der Waals surface area contributed by atoms with Crippen molar-refractivity contribution in [1.29, 1.82) is 0 Å². The maximum Gasteiger partial charge on any atom is 0.246 e. The molecule has 2 unspecified atom stereocenters. The number of amides is 4. The lowest BCUT2D eigenvalue weighted by atomic mass is 9.92. The smallest absolute Gasteiger partial charge is 0.246 e. The van der Waals surface area contributed by atoms with Gasteiger partial charge < -0.3 is 25.6 Å². The number of ketones is 1. The lowest BCUT2D eigenvalue weighted by molar-refractivity contribution is -0.142. The van der Waals surface area contributed by atoms with Gasteiger partial charge in [-0.2, -0.15) is 0 Å². The van der Waals surface area contributed by atoms with Gasteiger partial charge in [0, 0.05) is 17.8 Å². The van der Waals surface area contributed by atoms with Crippen LogP contribution in [0.4, 0.5) is 0 Å². The monoisotopic (exact) mass is 729 g/mol. The Hall–Kier alpha value is -4.42. The number of hydrogen-bond acceptors (Lipinski definition) is 8. The normalized spacial score (nSPS) is 21.3. The number of hydrogen-bond donors (Lipinski definition) is 3. The first-order valence-electron chi connectivity index (χ1n) is 18.3. The molecule has 2 aliphatic heterocycles. The molecule has 4 amide bonds. The molecule has 2 saturated heterocycles. The Balaban J connectivity index is 1.32. The summed E-state index contributed by atoms with van der Waals surface area (Å²) in [6, 6.07) is 15.2. The molecule has 0 radical (unpaired) electrons. The third kappa shape index (κ3) is 10.1. The van der Waals surface area contributed by atoms with E-state index in [9.17, 15) is 24.0 Å². The van der Waals surface area contributed by atoms with E-state index in [1.165, 1.54) is 11.3 Å². The fraction of sp³-hybridized carbons (Fsp3) is 0.500. The van der Waals surface area contributed by atoms with Crippen molar-refractivity contribution in [2.45, 2.75) is 115 Å². The second kappa shape index (κ2) is 17.4. The first-order chi connectivity index (χ1) is 24.9. The highest BCUT2D eigenvalue weighted by molar-refractivity contribution is 7.09. The Bertz CT molecular complexity index is 1710. The zero-order valence-corrected chi connectivity index (χ0v) is 31.5. The fourth-order valence-electron chi connectivity index (χ4n) is 6.78. The van der Waals surface area contributed by atoms with E-state index in [2.05, 4.69) is 20.9 Å². The van der Waals surface area contributed by atoms with Crippen LogP contribution in [0.2, 0.25) is 0 Å². The molecule has 1 aromatic heterocycles. The summed E-state index contributed by atoms with van der Waals surface area (Å²) >= 11 is 1.50. The third-order valence-corrected chi connectivity index (χ3v) is 10.8. The molecule has 2 aliphatic rings. The van der Waals surface area contributed by atoms with Crippen molar-refractivity contribution < 1.29 is 28.7 Å². The number of thiazole rings is 1. The molecule has 5 rings (SSSR count). The predicted molar refractivity (Wildman–Crippen MR) is 199 cm³/mol. The number of Topliss-reactive ketones (excluding diaryl/α,β-unsaturated/α-hetero) is 1. The Morgan fingerprint density at radius 3 is 2.23 bits per heavy atom. The van der Waals surface area contributed by atoms with E-state index in [0.717, 1.165) is 22.6 Å². The van der Waals surface area contributed by atoms with Crippen molar-refractivity contribution in [2.24, 2.45) is 5.92 Å². The highest BCUT2D eigenvalue weighted by atomic mass is 32.1. The molecular formula is C40H51N5O6S. The molecule has 278 valence electrons. The number of likely N-dealkylation sites (tertiary alicyclic amines) is 1. The largest absolute Gasteiger partial charge is 0.361 e. The maximum atomic E-state index is 14.2. The number of ether oxygens (including phenoxy) is 1. The van der Waals surface area contributed by atoms with E-state index in [1.807, 2.05) is 93.7 Å². The van der Waals surface area contributed by atoms with Gasteiger partial charge in [0.1, 0.15) is 23.7 Å². The lowest BCUT2D eigenvalue weighted by Gasteiger charge is -2.33. The Morgan fingerprint density at radius 2 is 1.63 bits per heavy atom. The van der Waals surface area contributed by atoms with Gasteiger partial charge in [-0.25, -0.2) is 4.98 Å². The van der Waals surface area contributed by atoms with Gasteiger partial charge in [-0.1, -0.05) is 81.4 Å². The number of carbonyl (C=O) groups is 5. The molecule has 0 saturated carbocycles. The molecule has 3 heterocycles. The molecule has 2 fully saturated rings. The highest BCUT2D eigenvalue weighted by Gasteiger charge is 2.51. The molecule has 6 atom stereocenters. The molecule has 2 aromatic carbocycles. The lowest BCUT2D eigenvalue weighted by Crippen LogP contribution is -2.57. The van der Waals surface area contributed by atoms with E-state index in [0.29, 0.717) is 31.6 Å². The topological polar surface area (TPSA) is 150 Å². The van der Waals surface area contributed by atoms with Crippen LogP contribution in [0, 0.1) is 5.92 Å². The zero-order valence-electron chi connectivity index (χ0n) is 30.7. The molecule has 52 heavy (non-hydrogen) atoms. The number of aryl methyl sites for hydroxylation is 2. The minimum absolute atomic E-state index is 0.0423. The van der Waals surface area contributed by atoms with Gasteiger partial charge in [0.25, 0.3) is 0 Å². The van der Waals surface area contributed by atoms with Gasteiger partial charge >= 0.3 is 0 Å². The Morgan fingerprint density at radius 1 is 0.981 bits per heavy atom. The van der Waals surface area contributed by atoms with Crippen molar-refractivity contribution in [3.8, 4) is 0 Å². The fourth-order valence-corrected chi connectivity index (χ4v) is 7.52. The zero-order chi connectivity index (χ0) is 37.4. The minimum atomic E-state index is -0.929. The summed E-state index contributed by atoms with van der Waals surface area (Å²) in [6.45, 7) is 9.87. The molecule has 3 aromatic rings. The van der Waals surface area contributed by atoms with E-state index in [1.54, 1.807) is 11.8 Å². The number of carbonyl (C=O) groups excluding carboxylic acids is 5. The predicted octanol–water partition coefficient (Wildman–Crippen LogP) is 3.97. The second-order valence-electron chi connectivity index (χ2n) is 14.6. The van der Waals surface area contributed by atoms with Crippen LogP contribution in [0.1, 0.15) is 75.7 Å². The Labute approximate surface area is 310 Å². The number of rotatable bonds is 18. The van der Waals surface area contributed by atoms with Crippen LogP contribution in [0.3, 0.4) is 0 Å². The molecular weight excluding hydrogens is 679 g/mol. The number of aromatic nitrogens is 1. The van der Waals surface area contributed by atoms with Gasteiger partial charge in [0.2, 0.25) is 23.6 Å². The van der Waals surface area contributed by atoms with Crippen molar-refractivity contribution in [3.63, 3.8) is 0 Å². The number of nitrogens with one attached hydrogen (secondary N) is 3. The van der Waals surface area contributed by atoms with Crippen molar-refractivity contribution >= 4 is 40.7 Å². The van der Waals surface area contributed by atoms with Crippen molar-refractivity contribution in [3.05, 3.63) is 87.9 Å². The van der Waals surface area contributed by atoms with Crippen LogP contribution in [-0.2, 0) is 54.4 Å². The summed E-state index contributed by atoms with van der Waals surface area (Å²) < 4.78 is 5.43. The standard InChI is InChI=1S/C40H51N5O6S/c1-6-35-41-29(23-52-35)22-34(46)42-30(18-17-27-13-9-7-10-14-27)37(48)44-32-20-26(4)45(39(32)50)33(21-28-15-11-8-12-16-28)38(49)43-31(19-25(2)3)36(47)40(5)24-51-40/h7-16,23,25-26,30-33H,6,17-22,24H2,1-5H3,(H,42,46)(H,43,49)(H,44,48)/t26?,30-,31-,32-,33-,40?/m0/s1. The van der Waals surface area contributed by atoms with Crippen LogP contribution in [0.25, 0.3) is 0 Å². The van der Waals surface area contributed by atoms with Crippen LogP contribution >= 0.6 is 11.3 Å². The summed E-state index contributed by atoms with van der Waals surface area (Å²) in [6.07, 6.45) is 2.62. The number of benzene rings is 2. The summed E-state index contributed by atoms with van der Waals surface area (Å²) in [4.78, 5) is 74.9. The van der Waals surface area contributed by atoms with Gasteiger partial charge in [-0.3, -0.25) is 24.0 Å². The van der Waals surface area contributed by atoms with E-state index < -0.39 is 47.6 Å². The van der Waals surface area contributed by atoms with Crippen molar-refractivity contribution in [2.75, 3.05) is 6.61 Å². The Kier molecular flexibility index (Phi) is 13.0. The first kappa shape index (κ1) is 38.8. The molecule has 3 N–H and O–H groups in total. The molecule has 11 nitrogen and oxygen atoms in total. The van der Waals surface area contributed by atoms with Gasteiger partial charge in [-0.05, 0) is 63.0 Å². The van der Waals surface area contributed by atoms with E-state index in [-0.39, 0.29) is 42.8 Å². The second-order valence-corrected chi connectivity index (χ2v) is 15.5. The maximum absolute atomic E-state index is 14.2. The van der Waals surface area contributed by atoms with Gasteiger partial charge in [0.15, 0.2) is 5.78 Å². The van der Waals surface area contributed by atoms with Crippen LogP contribution in [0.5, 0.6) is 0 Å². The summed E-state index contributed by atoms with van der Waals surface area (Å²) in [5.74, 6) is -1.66. The first-order valence-corrected chi connectivity index (χ1v) is 19.2. The van der Waals surface area contributed by atoms with Crippen LogP contribution < -0.4 is 16.0 Å². The number of nitrogens with zero attached hydrogens (tertiary/aromatic N) is 2. The molecule has 12 heteroatoms. The van der Waals surface area contributed by atoms with Gasteiger partial charge in [0.05, 0.1) is 29.8 Å². The SMILES string of the molecule is CCc1nc(CC(=O)N[C@@H](CCc2ccccc2)C(=O)N[C@H]2CC(C)N([C@@H](Cc3ccccc3)C(=O)N[C@@H](CC(C)C)C(=O)C3(C)CO3)C2=O)cs1. The summed E-state index contributed by atoms with van der Waals surface area (Å²) in [5, 5.41) is 11.6. The quantitative estimate of drug-likeness (QED) is 0.168. The van der Waals surface area contributed by atoms with E-state index >= 15 is 0 Å². The average Bonchev–Trinajstić information content (AvgIpc) is 3.61. The average molecular weight is 730 g/mol. The third-order valence-electron chi connectivity index (χ3n) is 9.73. The van der Waals surface area contributed by atoms with Crippen LogP contribution in [-0.4, -0.2) is 81.7 Å². The van der Waals surface area contributed by atoms with Gasteiger partial charge in [-0.15, -0.1) is 11.3 Å². The highest BCUT2D eigenvalue weighted by Crippen LogP contribution is 2.30. The molecule has 0 spiro atoms. The molecule has 0 aliphatic carbocycles. The minimum Gasteiger partial charge on any atom is -0.361 e. The summed E-state index contributed by atoms with van der Waals surface area (Å²) in [7, 11) is 0. The molecule has 0 bridgehead atoms.